The summed E-state index contributed by atoms with van der Waals surface area (Å²) in [4.78, 5) is 23.1. The first kappa shape index (κ1) is 17.0. The van der Waals surface area contributed by atoms with Gasteiger partial charge in [0.05, 0.1) is 5.69 Å². The molecule has 1 rings (SSSR count). The van der Waals surface area contributed by atoms with Crippen LogP contribution < -0.4 is 10.6 Å². The second kappa shape index (κ2) is 6.58. The third-order valence-electron chi connectivity index (χ3n) is 2.99. The van der Waals surface area contributed by atoms with Crippen molar-refractivity contribution in [2.24, 2.45) is 0 Å². The standard InChI is InChI=1S/C13H16Br2N2O3/c1-4-13(3,11(18)19)17-12(20)16-10-8(14)5-7(2)6-9(10)15/h5-6H,4H2,1-3H3,(H,18,19)(H2,16,17,20). The van der Waals surface area contributed by atoms with E-state index in [-0.39, 0.29) is 6.42 Å². The molecule has 0 spiro atoms. The first-order valence-corrected chi connectivity index (χ1v) is 7.56. The molecule has 0 fully saturated rings. The predicted octanol–water partition coefficient (Wildman–Crippen LogP) is 3.89. The Morgan fingerprint density at radius 3 is 2.20 bits per heavy atom. The topological polar surface area (TPSA) is 78.4 Å². The fraction of sp³-hybridized carbons (Fsp3) is 0.385. The molecule has 0 aliphatic heterocycles. The van der Waals surface area contributed by atoms with Crippen LogP contribution in [0.2, 0.25) is 0 Å². The smallest absolute Gasteiger partial charge is 0.329 e. The number of urea groups is 1. The van der Waals surface area contributed by atoms with Crippen molar-refractivity contribution in [3.8, 4) is 0 Å². The lowest BCUT2D eigenvalue weighted by molar-refractivity contribution is -0.143. The van der Waals surface area contributed by atoms with E-state index in [0.29, 0.717) is 14.6 Å². The molecule has 0 heterocycles. The number of carbonyl (C=O) groups excluding carboxylic acids is 1. The van der Waals surface area contributed by atoms with Gasteiger partial charge in [0.25, 0.3) is 0 Å². The van der Waals surface area contributed by atoms with Crippen LogP contribution in [0, 0.1) is 6.92 Å². The van der Waals surface area contributed by atoms with Gasteiger partial charge >= 0.3 is 12.0 Å². The number of halogens is 2. The van der Waals surface area contributed by atoms with Gasteiger partial charge in [-0.05, 0) is 69.8 Å². The Bertz CT molecular complexity index is 525. The molecule has 1 aromatic rings. The van der Waals surface area contributed by atoms with Gasteiger partial charge in [0, 0.05) is 8.95 Å². The molecule has 1 aromatic carbocycles. The van der Waals surface area contributed by atoms with E-state index < -0.39 is 17.5 Å². The minimum Gasteiger partial charge on any atom is -0.480 e. The molecule has 20 heavy (non-hydrogen) atoms. The van der Waals surface area contributed by atoms with Crippen molar-refractivity contribution in [3.05, 3.63) is 26.6 Å². The molecule has 0 aliphatic rings. The van der Waals surface area contributed by atoms with Crippen LogP contribution in [-0.2, 0) is 4.79 Å². The number of carbonyl (C=O) groups is 2. The summed E-state index contributed by atoms with van der Waals surface area (Å²) in [6.45, 7) is 5.10. The van der Waals surface area contributed by atoms with E-state index in [1.54, 1.807) is 6.92 Å². The molecule has 0 saturated heterocycles. The second-order valence-corrected chi connectivity index (χ2v) is 6.38. The molecule has 110 valence electrons. The summed E-state index contributed by atoms with van der Waals surface area (Å²) >= 11 is 6.73. The number of hydrogen-bond donors (Lipinski definition) is 3. The summed E-state index contributed by atoms with van der Waals surface area (Å²) in [5.41, 5.74) is 0.281. The van der Waals surface area contributed by atoms with Crippen LogP contribution in [0.4, 0.5) is 10.5 Å². The molecule has 0 saturated carbocycles. The molecule has 2 amide bonds. The fourth-order valence-corrected chi connectivity index (χ4v) is 3.12. The molecule has 1 atom stereocenters. The second-order valence-electron chi connectivity index (χ2n) is 4.67. The van der Waals surface area contributed by atoms with E-state index >= 15 is 0 Å². The number of anilines is 1. The summed E-state index contributed by atoms with van der Waals surface area (Å²) < 4.78 is 1.43. The van der Waals surface area contributed by atoms with Crippen molar-refractivity contribution in [3.63, 3.8) is 0 Å². The lowest BCUT2D eigenvalue weighted by Crippen LogP contribution is -2.53. The van der Waals surface area contributed by atoms with Gasteiger partial charge < -0.3 is 15.7 Å². The van der Waals surface area contributed by atoms with Crippen molar-refractivity contribution in [2.45, 2.75) is 32.7 Å². The van der Waals surface area contributed by atoms with Crippen molar-refractivity contribution >= 4 is 49.5 Å². The average molecular weight is 408 g/mol. The number of benzene rings is 1. The molecule has 1 unspecified atom stereocenters. The van der Waals surface area contributed by atoms with Gasteiger partial charge in [-0.2, -0.15) is 0 Å². The highest BCUT2D eigenvalue weighted by Gasteiger charge is 2.33. The molecular formula is C13H16Br2N2O3. The highest BCUT2D eigenvalue weighted by Crippen LogP contribution is 2.32. The van der Waals surface area contributed by atoms with E-state index in [1.165, 1.54) is 6.92 Å². The van der Waals surface area contributed by atoms with Gasteiger partial charge in [-0.25, -0.2) is 9.59 Å². The fourth-order valence-electron chi connectivity index (χ4n) is 1.51. The van der Waals surface area contributed by atoms with Gasteiger partial charge in [0.15, 0.2) is 0 Å². The van der Waals surface area contributed by atoms with Crippen LogP contribution in [0.3, 0.4) is 0 Å². The highest BCUT2D eigenvalue weighted by atomic mass is 79.9. The maximum Gasteiger partial charge on any atom is 0.329 e. The van der Waals surface area contributed by atoms with E-state index in [2.05, 4.69) is 42.5 Å². The van der Waals surface area contributed by atoms with Crippen LogP contribution >= 0.6 is 31.9 Å². The minimum absolute atomic E-state index is 0.284. The Labute approximate surface area is 134 Å². The number of carboxylic acid groups (broad SMARTS) is 1. The van der Waals surface area contributed by atoms with Crippen LogP contribution in [-0.4, -0.2) is 22.6 Å². The number of aliphatic carboxylic acids is 1. The first-order chi connectivity index (χ1) is 9.19. The van der Waals surface area contributed by atoms with Crippen molar-refractivity contribution in [2.75, 3.05) is 5.32 Å². The van der Waals surface area contributed by atoms with Crippen LogP contribution in [0.5, 0.6) is 0 Å². The summed E-state index contributed by atoms with van der Waals surface area (Å²) in [5.74, 6) is -1.07. The van der Waals surface area contributed by atoms with E-state index in [4.69, 9.17) is 5.11 Å². The zero-order chi connectivity index (χ0) is 15.5. The van der Waals surface area contributed by atoms with Crippen molar-refractivity contribution in [1.29, 1.82) is 0 Å². The molecule has 0 radical (unpaired) electrons. The Balaban J connectivity index is 2.90. The number of rotatable bonds is 4. The zero-order valence-corrected chi connectivity index (χ0v) is 14.6. The minimum atomic E-state index is -1.30. The maximum atomic E-state index is 12.0. The summed E-state index contributed by atoms with van der Waals surface area (Å²) in [6, 6.07) is 3.15. The molecule has 0 bridgehead atoms. The molecule has 5 nitrogen and oxygen atoms in total. The monoisotopic (exact) mass is 406 g/mol. The maximum absolute atomic E-state index is 12.0. The molecule has 7 heteroatoms. The highest BCUT2D eigenvalue weighted by molar-refractivity contribution is 9.11. The Morgan fingerprint density at radius 2 is 1.80 bits per heavy atom. The third kappa shape index (κ3) is 3.96. The number of carboxylic acids is 1. The Hall–Kier alpha value is -1.08. The SMILES string of the molecule is CCC(C)(NC(=O)Nc1c(Br)cc(C)cc1Br)C(=O)O. The van der Waals surface area contributed by atoms with E-state index in [1.807, 2.05) is 19.1 Å². The number of amides is 2. The van der Waals surface area contributed by atoms with Gasteiger partial charge in [-0.3, -0.25) is 0 Å². The Kier molecular flexibility index (Phi) is 5.59. The quantitative estimate of drug-likeness (QED) is 0.708. The largest absolute Gasteiger partial charge is 0.480 e. The predicted molar refractivity (Wildman–Crippen MR) is 85.1 cm³/mol. The molecule has 0 aliphatic carbocycles. The first-order valence-electron chi connectivity index (χ1n) is 5.98. The van der Waals surface area contributed by atoms with Gasteiger partial charge in [-0.1, -0.05) is 6.92 Å². The summed E-state index contributed by atoms with van der Waals surface area (Å²) in [7, 11) is 0. The van der Waals surface area contributed by atoms with Gasteiger partial charge in [0.1, 0.15) is 5.54 Å². The van der Waals surface area contributed by atoms with Crippen molar-refractivity contribution < 1.29 is 14.7 Å². The summed E-state index contributed by atoms with van der Waals surface area (Å²) in [6.07, 6.45) is 0.284. The van der Waals surface area contributed by atoms with Crippen molar-refractivity contribution in [1.82, 2.24) is 5.32 Å². The average Bonchev–Trinajstić information content (AvgIpc) is 2.33. The summed E-state index contributed by atoms with van der Waals surface area (Å²) in [5, 5.41) is 14.2. The van der Waals surface area contributed by atoms with E-state index in [0.717, 1.165) is 5.56 Å². The lowest BCUT2D eigenvalue weighted by atomic mass is 10.00. The molecule has 0 aromatic heterocycles. The molecule has 3 N–H and O–H groups in total. The lowest BCUT2D eigenvalue weighted by Gasteiger charge is -2.25. The van der Waals surface area contributed by atoms with Gasteiger partial charge in [-0.15, -0.1) is 0 Å². The number of hydrogen-bond acceptors (Lipinski definition) is 2. The normalized spacial score (nSPS) is 13.4. The third-order valence-corrected chi connectivity index (χ3v) is 4.24. The Morgan fingerprint density at radius 1 is 1.30 bits per heavy atom. The van der Waals surface area contributed by atoms with Crippen LogP contribution in [0.1, 0.15) is 25.8 Å². The number of aryl methyl sites for hydroxylation is 1. The molecular weight excluding hydrogens is 392 g/mol. The van der Waals surface area contributed by atoms with Crippen LogP contribution in [0.25, 0.3) is 0 Å². The number of nitrogens with one attached hydrogen (secondary N) is 2. The van der Waals surface area contributed by atoms with Crippen LogP contribution in [0.15, 0.2) is 21.1 Å². The van der Waals surface area contributed by atoms with Gasteiger partial charge in [0.2, 0.25) is 0 Å². The van der Waals surface area contributed by atoms with E-state index in [9.17, 15) is 9.59 Å². The zero-order valence-electron chi connectivity index (χ0n) is 11.4.